The summed E-state index contributed by atoms with van der Waals surface area (Å²) < 4.78 is 14.0. The van der Waals surface area contributed by atoms with E-state index in [1.807, 2.05) is 115 Å². The van der Waals surface area contributed by atoms with Gasteiger partial charge in [0.1, 0.15) is 18.4 Å². The molecule has 9 heteroatoms. The summed E-state index contributed by atoms with van der Waals surface area (Å²) in [6.07, 6.45) is 1.88. The maximum absolute atomic E-state index is 14.4. The first-order valence-electron chi connectivity index (χ1n) is 14.7. The van der Waals surface area contributed by atoms with Crippen LogP contribution in [0.5, 0.6) is 5.75 Å². The first-order chi connectivity index (χ1) is 22.5. The lowest BCUT2D eigenvalue weighted by Gasteiger charge is -2.24. The fourth-order valence-electron chi connectivity index (χ4n) is 5.58. The van der Waals surface area contributed by atoms with E-state index in [1.54, 1.807) is 11.5 Å². The number of benzene rings is 4. The highest BCUT2D eigenvalue weighted by molar-refractivity contribution is 7.10. The number of hydrogen-bond donors (Lipinski definition) is 0. The summed E-state index contributed by atoms with van der Waals surface area (Å²) >= 11 is 8.86. The van der Waals surface area contributed by atoms with E-state index < -0.39 is 12.0 Å². The predicted molar refractivity (Wildman–Crippen MR) is 185 cm³/mol. The molecular weight excluding hydrogens is 636 g/mol. The van der Waals surface area contributed by atoms with Gasteiger partial charge in [-0.2, -0.15) is 0 Å². The Kier molecular flexibility index (Phi) is 8.41. The molecule has 7 rings (SSSR count). The smallest absolute Gasteiger partial charge is 0.338 e. The fraction of sp³-hybridized carbons (Fsp3) is 0.108. The summed E-state index contributed by atoms with van der Waals surface area (Å²) in [6, 6.07) is 32.2. The summed E-state index contributed by atoms with van der Waals surface area (Å²) in [5, 5.41) is 4.57. The molecule has 0 aliphatic carbocycles. The van der Waals surface area contributed by atoms with Crippen LogP contribution in [0.15, 0.2) is 124 Å². The lowest BCUT2D eigenvalue weighted by Crippen LogP contribution is -2.39. The molecule has 3 heterocycles. The van der Waals surface area contributed by atoms with E-state index in [9.17, 15) is 9.59 Å². The highest BCUT2D eigenvalue weighted by Gasteiger charge is 2.35. The molecule has 228 valence electrons. The van der Waals surface area contributed by atoms with Gasteiger partial charge in [-0.3, -0.25) is 9.36 Å². The van der Waals surface area contributed by atoms with Gasteiger partial charge in [-0.1, -0.05) is 102 Å². The number of rotatable bonds is 8. The Hall–Kier alpha value is -4.76. The van der Waals surface area contributed by atoms with Crippen LogP contribution in [-0.2, 0) is 16.1 Å². The molecule has 2 aromatic heterocycles. The van der Waals surface area contributed by atoms with Gasteiger partial charge >= 0.3 is 5.97 Å². The zero-order chi connectivity index (χ0) is 31.6. The van der Waals surface area contributed by atoms with Crippen LogP contribution in [0.2, 0.25) is 5.02 Å². The number of aromatic nitrogens is 1. The summed E-state index contributed by atoms with van der Waals surface area (Å²) in [7, 11) is 0. The predicted octanol–water partition coefficient (Wildman–Crippen LogP) is 7.38. The number of fused-ring (bicyclic) bond motifs is 2. The van der Waals surface area contributed by atoms with Gasteiger partial charge in [0.15, 0.2) is 4.80 Å². The highest BCUT2D eigenvalue weighted by Crippen LogP contribution is 2.37. The van der Waals surface area contributed by atoms with Crippen molar-refractivity contribution in [1.82, 2.24) is 4.57 Å². The summed E-state index contributed by atoms with van der Waals surface area (Å²) in [5.41, 5.74) is 3.13. The number of thiazole rings is 1. The van der Waals surface area contributed by atoms with Gasteiger partial charge in [-0.25, -0.2) is 9.79 Å². The Balaban J connectivity index is 1.43. The van der Waals surface area contributed by atoms with Crippen LogP contribution in [0.3, 0.4) is 0 Å². The first-order valence-corrected chi connectivity index (χ1v) is 16.8. The van der Waals surface area contributed by atoms with Crippen LogP contribution in [0.4, 0.5) is 0 Å². The van der Waals surface area contributed by atoms with E-state index >= 15 is 0 Å². The first kappa shape index (κ1) is 29.9. The second kappa shape index (κ2) is 12.9. The third-order valence-electron chi connectivity index (χ3n) is 7.70. The third kappa shape index (κ3) is 5.71. The van der Waals surface area contributed by atoms with Crippen LogP contribution >= 0.6 is 34.3 Å². The van der Waals surface area contributed by atoms with E-state index in [-0.39, 0.29) is 12.2 Å². The van der Waals surface area contributed by atoms with Crippen molar-refractivity contribution in [3.8, 4) is 5.75 Å². The Labute approximate surface area is 277 Å². The topological polar surface area (TPSA) is 69.9 Å². The number of hydrogen-bond acceptors (Lipinski definition) is 7. The molecule has 0 spiro atoms. The Morgan fingerprint density at radius 2 is 1.74 bits per heavy atom. The summed E-state index contributed by atoms with van der Waals surface area (Å²) in [4.78, 5) is 34.3. The number of carbonyl (C=O) groups excluding carboxylic acids is 1. The minimum absolute atomic E-state index is 0.200. The lowest BCUT2D eigenvalue weighted by molar-refractivity contribution is -0.138. The molecule has 0 saturated heterocycles. The number of ether oxygens (including phenoxy) is 2. The largest absolute Gasteiger partial charge is 0.488 e. The molecule has 0 fully saturated rings. The summed E-state index contributed by atoms with van der Waals surface area (Å²) in [6.45, 7) is 2.30. The average molecular weight is 663 g/mol. The Bertz CT molecular complexity index is 2270. The van der Waals surface area contributed by atoms with Crippen LogP contribution < -0.4 is 19.6 Å². The van der Waals surface area contributed by atoms with Gasteiger partial charge in [0, 0.05) is 21.0 Å². The van der Waals surface area contributed by atoms with Gasteiger partial charge in [0.2, 0.25) is 0 Å². The zero-order valence-electron chi connectivity index (χ0n) is 24.7. The quantitative estimate of drug-likeness (QED) is 0.160. The number of halogens is 1. The average Bonchev–Trinajstić information content (AvgIpc) is 3.73. The van der Waals surface area contributed by atoms with Gasteiger partial charge in [-0.15, -0.1) is 11.3 Å². The molecule has 0 amide bonds. The molecule has 46 heavy (non-hydrogen) atoms. The van der Waals surface area contributed by atoms with Gasteiger partial charge in [0.25, 0.3) is 5.56 Å². The van der Waals surface area contributed by atoms with Crippen LogP contribution in [0, 0.1) is 0 Å². The second-order valence-electron chi connectivity index (χ2n) is 10.6. The molecule has 1 atom stereocenters. The third-order valence-corrected chi connectivity index (χ3v) is 9.86. The van der Waals surface area contributed by atoms with Crippen molar-refractivity contribution < 1.29 is 14.3 Å². The van der Waals surface area contributed by atoms with Crippen molar-refractivity contribution in [1.29, 1.82) is 0 Å². The van der Waals surface area contributed by atoms with Crippen molar-refractivity contribution in [3.63, 3.8) is 0 Å². The van der Waals surface area contributed by atoms with Crippen molar-refractivity contribution in [2.24, 2.45) is 4.99 Å². The molecule has 0 unspecified atom stereocenters. The monoisotopic (exact) mass is 662 g/mol. The number of carbonyl (C=O) groups is 1. The molecule has 1 aliphatic rings. The standard InChI is InChI=1S/C37H27ClN2O4S2/c1-2-43-36(42)32-33(25-10-4-3-5-11-25)39-37-40(34(32)30-13-8-20-45-30)35(41)31(46-37)21-28-27-12-7-6-9-24(27)16-19-29(28)44-22-23-14-17-26(38)18-15-23/h3-21,34H,2,22H2,1H3/b31-21-/t34-/m1/s1. The van der Waals surface area contributed by atoms with Gasteiger partial charge in [0.05, 0.1) is 22.4 Å². The Morgan fingerprint density at radius 3 is 2.50 bits per heavy atom. The van der Waals surface area contributed by atoms with Crippen LogP contribution in [0.1, 0.15) is 34.5 Å². The molecule has 0 N–H and O–H groups in total. The highest BCUT2D eigenvalue weighted by atomic mass is 35.5. The molecule has 0 bridgehead atoms. The van der Waals surface area contributed by atoms with E-state index in [4.69, 9.17) is 26.1 Å². The second-order valence-corrected chi connectivity index (χ2v) is 13.0. The molecule has 6 aromatic rings. The van der Waals surface area contributed by atoms with Gasteiger partial charge in [-0.05, 0) is 59.0 Å². The maximum atomic E-state index is 14.4. The molecule has 0 saturated carbocycles. The molecular formula is C37H27ClN2O4S2. The molecule has 4 aromatic carbocycles. The van der Waals surface area contributed by atoms with Crippen molar-refractivity contribution >= 4 is 62.8 Å². The zero-order valence-corrected chi connectivity index (χ0v) is 27.1. The molecule has 6 nitrogen and oxygen atoms in total. The maximum Gasteiger partial charge on any atom is 0.338 e. The normalized spacial score (nSPS) is 14.7. The van der Waals surface area contributed by atoms with Crippen LogP contribution in [-0.4, -0.2) is 17.1 Å². The van der Waals surface area contributed by atoms with Crippen molar-refractivity contribution in [2.75, 3.05) is 6.61 Å². The van der Waals surface area contributed by atoms with E-state index in [1.165, 1.54) is 22.7 Å². The minimum Gasteiger partial charge on any atom is -0.488 e. The number of thiophene rings is 1. The fourth-order valence-corrected chi connectivity index (χ4v) is 7.51. The van der Waals surface area contributed by atoms with Crippen molar-refractivity contribution in [3.05, 3.63) is 160 Å². The lowest BCUT2D eigenvalue weighted by atomic mass is 9.97. The SMILES string of the molecule is CCOC(=O)C1=C(c2ccccc2)N=c2s/c(=C\c3c(OCc4ccc(Cl)cc4)ccc4ccccc34)c(=O)n2[C@@H]1c1cccs1. The number of esters is 1. The van der Waals surface area contributed by atoms with E-state index in [0.717, 1.165) is 32.3 Å². The van der Waals surface area contributed by atoms with E-state index in [0.29, 0.717) is 38.0 Å². The van der Waals surface area contributed by atoms with E-state index in [2.05, 4.69) is 0 Å². The van der Waals surface area contributed by atoms with Crippen LogP contribution in [0.25, 0.3) is 22.5 Å². The summed E-state index contributed by atoms with van der Waals surface area (Å²) in [5.74, 6) is 0.149. The molecule has 1 aliphatic heterocycles. The minimum atomic E-state index is -0.694. The number of nitrogens with zero attached hydrogens (tertiary/aromatic N) is 2. The van der Waals surface area contributed by atoms with Crippen molar-refractivity contribution in [2.45, 2.75) is 19.6 Å². The molecule has 0 radical (unpaired) electrons. The van der Waals surface area contributed by atoms with Gasteiger partial charge < -0.3 is 9.47 Å². The Morgan fingerprint density at radius 1 is 0.957 bits per heavy atom.